The summed E-state index contributed by atoms with van der Waals surface area (Å²) in [5.74, 6) is -0.327. The number of benzene rings is 2. The number of rotatable bonds is 2. The Balaban J connectivity index is 1.51. The van der Waals surface area contributed by atoms with Gasteiger partial charge < -0.3 is 15.0 Å². The second-order valence-corrected chi connectivity index (χ2v) is 6.94. The molecule has 1 atom stereocenters. The van der Waals surface area contributed by atoms with Crippen LogP contribution in [0.4, 0.5) is 10.1 Å². The van der Waals surface area contributed by atoms with Crippen LogP contribution in [-0.4, -0.2) is 36.4 Å². The Morgan fingerprint density at radius 3 is 2.78 bits per heavy atom. The van der Waals surface area contributed by atoms with E-state index in [0.29, 0.717) is 31.7 Å². The third-order valence-electron chi connectivity index (χ3n) is 5.07. The van der Waals surface area contributed by atoms with Gasteiger partial charge in [0.2, 0.25) is 5.91 Å². The first-order valence-corrected chi connectivity index (χ1v) is 9.19. The van der Waals surface area contributed by atoms with Crippen LogP contribution in [0.5, 0.6) is 0 Å². The highest BCUT2D eigenvalue weighted by Gasteiger charge is 2.27. The molecular formula is C21H21FN2O3. The minimum atomic E-state index is -0.292. The summed E-state index contributed by atoms with van der Waals surface area (Å²) in [5.41, 5.74) is 3.26. The van der Waals surface area contributed by atoms with Crippen molar-refractivity contribution in [1.82, 2.24) is 4.90 Å². The topological polar surface area (TPSA) is 58.6 Å². The van der Waals surface area contributed by atoms with Crippen LogP contribution in [0.25, 0.3) is 0 Å². The molecule has 0 spiro atoms. The van der Waals surface area contributed by atoms with Gasteiger partial charge in [0, 0.05) is 24.2 Å². The molecule has 2 heterocycles. The van der Waals surface area contributed by atoms with Crippen molar-refractivity contribution in [3.05, 3.63) is 65.0 Å². The summed E-state index contributed by atoms with van der Waals surface area (Å²) in [5, 5.41) is 2.89. The molecule has 0 aliphatic carbocycles. The summed E-state index contributed by atoms with van der Waals surface area (Å²) in [4.78, 5) is 26.4. The summed E-state index contributed by atoms with van der Waals surface area (Å²) in [6, 6.07) is 11.6. The first kappa shape index (κ1) is 17.7. The van der Waals surface area contributed by atoms with Crippen LogP contribution in [0.15, 0.2) is 42.5 Å². The number of aryl methyl sites for hydroxylation is 1. The van der Waals surface area contributed by atoms with E-state index in [0.717, 1.165) is 29.7 Å². The highest BCUT2D eigenvalue weighted by Crippen LogP contribution is 2.26. The Morgan fingerprint density at radius 2 is 1.96 bits per heavy atom. The van der Waals surface area contributed by atoms with Gasteiger partial charge in [-0.3, -0.25) is 9.59 Å². The monoisotopic (exact) mass is 368 g/mol. The molecule has 0 saturated carbocycles. The van der Waals surface area contributed by atoms with Crippen molar-refractivity contribution in [2.45, 2.75) is 25.4 Å². The number of fused-ring (bicyclic) bond motifs is 1. The zero-order valence-corrected chi connectivity index (χ0v) is 14.9. The van der Waals surface area contributed by atoms with E-state index in [1.54, 1.807) is 23.1 Å². The van der Waals surface area contributed by atoms with E-state index in [9.17, 15) is 14.0 Å². The molecule has 2 amide bonds. The summed E-state index contributed by atoms with van der Waals surface area (Å²) < 4.78 is 18.9. The smallest absolute Gasteiger partial charge is 0.254 e. The molecule has 4 rings (SSSR count). The number of halogens is 1. The Labute approximate surface area is 157 Å². The van der Waals surface area contributed by atoms with Crippen molar-refractivity contribution in [2.24, 2.45) is 0 Å². The van der Waals surface area contributed by atoms with Crippen LogP contribution >= 0.6 is 0 Å². The standard InChI is InChI=1S/C21H21FN2O3/c22-17-7-4-14(5-8-17)19-13-24(10-11-27-19)21(26)16-6-9-18-15(12-16)2-1-3-20(25)23-18/h4-9,12,19H,1-3,10-11,13H2,(H,23,25). The minimum absolute atomic E-state index is 0.0168. The Morgan fingerprint density at radius 1 is 1.15 bits per heavy atom. The van der Waals surface area contributed by atoms with Gasteiger partial charge in [0.05, 0.1) is 13.2 Å². The van der Waals surface area contributed by atoms with E-state index < -0.39 is 0 Å². The average Bonchev–Trinajstić information content (AvgIpc) is 2.88. The maximum absolute atomic E-state index is 13.1. The van der Waals surface area contributed by atoms with Crippen LogP contribution in [0.3, 0.4) is 0 Å². The van der Waals surface area contributed by atoms with Crippen LogP contribution in [0.1, 0.15) is 40.4 Å². The average molecular weight is 368 g/mol. The fourth-order valence-electron chi connectivity index (χ4n) is 3.60. The van der Waals surface area contributed by atoms with Gasteiger partial charge in [0.15, 0.2) is 0 Å². The predicted molar refractivity (Wildman–Crippen MR) is 99.0 cm³/mol. The summed E-state index contributed by atoms with van der Waals surface area (Å²) in [6.45, 7) is 1.39. The fourth-order valence-corrected chi connectivity index (χ4v) is 3.60. The third-order valence-corrected chi connectivity index (χ3v) is 5.07. The summed E-state index contributed by atoms with van der Waals surface area (Å²) in [7, 11) is 0. The highest BCUT2D eigenvalue weighted by molar-refractivity contribution is 5.97. The van der Waals surface area contributed by atoms with Crippen LogP contribution in [-0.2, 0) is 16.0 Å². The number of amides is 2. The van der Waals surface area contributed by atoms with Crippen molar-refractivity contribution in [2.75, 3.05) is 25.0 Å². The summed E-state index contributed by atoms with van der Waals surface area (Å²) >= 11 is 0. The van der Waals surface area contributed by atoms with Gasteiger partial charge in [-0.05, 0) is 54.3 Å². The number of hydrogen-bond donors (Lipinski definition) is 1. The number of anilines is 1. The second-order valence-electron chi connectivity index (χ2n) is 6.94. The molecule has 1 fully saturated rings. The first-order chi connectivity index (χ1) is 13.1. The summed E-state index contributed by atoms with van der Waals surface area (Å²) in [6.07, 6.45) is 1.79. The van der Waals surface area contributed by atoms with Gasteiger partial charge in [-0.1, -0.05) is 12.1 Å². The van der Waals surface area contributed by atoms with Crippen LogP contribution in [0.2, 0.25) is 0 Å². The van der Waals surface area contributed by atoms with Crippen LogP contribution in [0, 0.1) is 5.82 Å². The lowest BCUT2D eigenvalue weighted by Gasteiger charge is -2.33. The van der Waals surface area contributed by atoms with E-state index in [-0.39, 0.29) is 23.7 Å². The SMILES string of the molecule is O=C1CCCc2cc(C(=O)N3CCOC(c4ccc(F)cc4)C3)ccc2N1. The van der Waals surface area contributed by atoms with Gasteiger partial charge in [0.1, 0.15) is 11.9 Å². The number of hydrogen-bond acceptors (Lipinski definition) is 3. The van der Waals surface area contributed by atoms with Crippen molar-refractivity contribution in [3.63, 3.8) is 0 Å². The number of ether oxygens (including phenoxy) is 1. The molecule has 1 saturated heterocycles. The number of nitrogens with zero attached hydrogens (tertiary/aromatic N) is 1. The normalized spacial score (nSPS) is 19.8. The van der Waals surface area contributed by atoms with Gasteiger partial charge >= 0.3 is 0 Å². The molecule has 2 aliphatic rings. The van der Waals surface area contributed by atoms with Gasteiger partial charge in [-0.15, -0.1) is 0 Å². The van der Waals surface area contributed by atoms with Crippen molar-refractivity contribution in [3.8, 4) is 0 Å². The molecular weight excluding hydrogens is 347 g/mol. The van der Waals surface area contributed by atoms with Gasteiger partial charge in [-0.25, -0.2) is 4.39 Å². The molecule has 0 aromatic heterocycles. The van der Waals surface area contributed by atoms with Gasteiger partial charge in [0.25, 0.3) is 5.91 Å². The third kappa shape index (κ3) is 3.85. The largest absolute Gasteiger partial charge is 0.370 e. The molecule has 140 valence electrons. The number of nitrogens with one attached hydrogen (secondary N) is 1. The minimum Gasteiger partial charge on any atom is -0.370 e. The second kappa shape index (κ2) is 7.48. The van der Waals surface area contributed by atoms with Gasteiger partial charge in [-0.2, -0.15) is 0 Å². The van der Waals surface area contributed by atoms with E-state index in [1.165, 1.54) is 12.1 Å². The molecule has 2 aromatic rings. The van der Waals surface area contributed by atoms with Crippen LogP contribution < -0.4 is 5.32 Å². The fraction of sp³-hybridized carbons (Fsp3) is 0.333. The van der Waals surface area contributed by atoms with Crippen molar-refractivity contribution < 1.29 is 18.7 Å². The van der Waals surface area contributed by atoms with E-state index in [4.69, 9.17) is 4.74 Å². The molecule has 1 unspecified atom stereocenters. The maximum atomic E-state index is 13.1. The maximum Gasteiger partial charge on any atom is 0.254 e. The van der Waals surface area contributed by atoms with E-state index >= 15 is 0 Å². The van der Waals surface area contributed by atoms with Crippen molar-refractivity contribution in [1.29, 1.82) is 0 Å². The Bertz CT molecular complexity index is 866. The molecule has 1 N–H and O–H groups in total. The molecule has 27 heavy (non-hydrogen) atoms. The molecule has 6 heteroatoms. The van der Waals surface area contributed by atoms with E-state index in [2.05, 4.69) is 5.32 Å². The zero-order chi connectivity index (χ0) is 18.8. The quantitative estimate of drug-likeness (QED) is 0.885. The number of morpholine rings is 1. The molecule has 2 aliphatic heterocycles. The van der Waals surface area contributed by atoms with Crippen molar-refractivity contribution >= 4 is 17.5 Å². The molecule has 0 bridgehead atoms. The Hall–Kier alpha value is -2.73. The lowest BCUT2D eigenvalue weighted by molar-refractivity contribution is -0.116. The lowest BCUT2D eigenvalue weighted by atomic mass is 10.0. The predicted octanol–water partition coefficient (Wildman–Crippen LogP) is 3.31. The zero-order valence-electron chi connectivity index (χ0n) is 14.9. The molecule has 2 aromatic carbocycles. The molecule has 5 nitrogen and oxygen atoms in total. The number of carbonyl (C=O) groups is 2. The number of carbonyl (C=O) groups excluding carboxylic acids is 2. The first-order valence-electron chi connectivity index (χ1n) is 9.19. The lowest BCUT2D eigenvalue weighted by Crippen LogP contribution is -2.42. The molecule has 0 radical (unpaired) electrons. The van der Waals surface area contributed by atoms with E-state index in [1.807, 2.05) is 12.1 Å². The Kier molecular flexibility index (Phi) is 4.90. The highest BCUT2D eigenvalue weighted by atomic mass is 19.1.